The number of carbonyl (C=O) groups excluding carboxylic acids is 1. The van der Waals surface area contributed by atoms with E-state index in [9.17, 15) is 4.79 Å². The van der Waals surface area contributed by atoms with Crippen molar-refractivity contribution in [3.05, 3.63) is 11.1 Å². The van der Waals surface area contributed by atoms with Gasteiger partial charge in [0.1, 0.15) is 0 Å². The molecule has 1 atom stereocenters. The summed E-state index contributed by atoms with van der Waals surface area (Å²) in [6, 6.07) is 0. The molecule has 6 heteroatoms. The molecular formula is C10H15N3O2S. The lowest BCUT2D eigenvalue weighted by Gasteiger charge is -2.08. The fourth-order valence-corrected chi connectivity index (χ4v) is 2.23. The highest BCUT2D eigenvalue weighted by Gasteiger charge is 2.22. The highest BCUT2D eigenvalue weighted by molar-refractivity contribution is 7.13. The molecule has 0 aromatic carbocycles. The quantitative estimate of drug-likeness (QED) is 0.801. The van der Waals surface area contributed by atoms with Gasteiger partial charge in [-0.05, 0) is 6.42 Å². The Morgan fingerprint density at radius 3 is 3.25 bits per heavy atom. The summed E-state index contributed by atoms with van der Waals surface area (Å²) in [6.45, 7) is 1.86. The van der Waals surface area contributed by atoms with Crippen LogP contribution < -0.4 is 11.1 Å². The molecular weight excluding hydrogens is 226 g/mol. The number of nitrogen functional groups attached to an aromatic ring is 1. The van der Waals surface area contributed by atoms with Gasteiger partial charge in [-0.15, -0.1) is 11.3 Å². The van der Waals surface area contributed by atoms with E-state index in [-0.39, 0.29) is 11.8 Å². The monoisotopic (exact) mass is 241 g/mol. The Bertz CT molecular complexity index is 361. The van der Waals surface area contributed by atoms with E-state index < -0.39 is 0 Å². The third kappa shape index (κ3) is 2.93. The van der Waals surface area contributed by atoms with Crippen molar-refractivity contribution in [3.63, 3.8) is 0 Å². The van der Waals surface area contributed by atoms with Crippen LogP contribution in [-0.4, -0.2) is 30.6 Å². The van der Waals surface area contributed by atoms with Crippen molar-refractivity contribution in [1.29, 1.82) is 0 Å². The van der Waals surface area contributed by atoms with Gasteiger partial charge in [-0.1, -0.05) is 0 Å². The molecule has 5 nitrogen and oxygen atoms in total. The Kier molecular flexibility index (Phi) is 3.74. The SMILES string of the molecule is Nc1nc(CCNC(=O)[C@@H]2CCOC2)cs1. The Morgan fingerprint density at radius 2 is 2.62 bits per heavy atom. The molecule has 1 aromatic rings. The third-order valence-electron chi connectivity index (χ3n) is 2.55. The molecule has 0 aliphatic carbocycles. The maximum absolute atomic E-state index is 11.6. The van der Waals surface area contributed by atoms with Crippen molar-refractivity contribution in [2.24, 2.45) is 5.92 Å². The van der Waals surface area contributed by atoms with Crippen LogP contribution in [0.3, 0.4) is 0 Å². The molecule has 2 rings (SSSR count). The Hall–Kier alpha value is -1.14. The summed E-state index contributed by atoms with van der Waals surface area (Å²) in [7, 11) is 0. The zero-order valence-electron chi connectivity index (χ0n) is 8.94. The first-order valence-corrected chi connectivity index (χ1v) is 6.19. The molecule has 1 saturated heterocycles. The second-order valence-corrected chi connectivity index (χ2v) is 4.67. The Balaban J connectivity index is 1.69. The number of hydrogen-bond donors (Lipinski definition) is 2. The van der Waals surface area contributed by atoms with Gasteiger partial charge < -0.3 is 15.8 Å². The number of carbonyl (C=O) groups is 1. The third-order valence-corrected chi connectivity index (χ3v) is 3.27. The fraction of sp³-hybridized carbons (Fsp3) is 0.600. The van der Waals surface area contributed by atoms with Crippen LogP contribution in [0, 0.1) is 5.92 Å². The summed E-state index contributed by atoms with van der Waals surface area (Å²) < 4.78 is 5.16. The molecule has 16 heavy (non-hydrogen) atoms. The smallest absolute Gasteiger partial charge is 0.225 e. The van der Waals surface area contributed by atoms with E-state index in [1.54, 1.807) is 0 Å². The zero-order chi connectivity index (χ0) is 11.4. The molecule has 1 fully saturated rings. The molecule has 0 saturated carbocycles. The first-order chi connectivity index (χ1) is 7.75. The van der Waals surface area contributed by atoms with E-state index in [4.69, 9.17) is 10.5 Å². The van der Waals surface area contributed by atoms with Crippen LogP contribution in [0.4, 0.5) is 5.13 Å². The number of nitrogens with zero attached hydrogens (tertiary/aromatic N) is 1. The van der Waals surface area contributed by atoms with Crippen LogP contribution in [0.2, 0.25) is 0 Å². The van der Waals surface area contributed by atoms with E-state index in [0.717, 1.165) is 18.5 Å². The molecule has 0 spiro atoms. The Morgan fingerprint density at radius 1 is 1.75 bits per heavy atom. The summed E-state index contributed by atoms with van der Waals surface area (Å²) in [6.07, 6.45) is 1.56. The zero-order valence-corrected chi connectivity index (χ0v) is 9.76. The lowest BCUT2D eigenvalue weighted by molar-refractivity contribution is -0.124. The van der Waals surface area contributed by atoms with Gasteiger partial charge in [0.2, 0.25) is 5.91 Å². The first kappa shape index (κ1) is 11.3. The van der Waals surface area contributed by atoms with Crippen LogP contribution in [0.5, 0.6) is 0 Å². The molecule has 1 aliphatic rings. The van der Waals surface area contributed by atoms with Gasteiger partial charge in [0.25, 0.3) is 0 Å². The number of anilines is 1. The van der Waals surface area contributed by atoms with E-state index >= 15 is 0 Å². The van der Waals surface area contributed by atoms with Crippen LogP contribution in [0.15, 0.2) is 5.38 Å². The number of rotatable bonds is 4. The van der Waals surface area contributed by atoms with Gasteiger partial charge >= 0.3 is 0 Å². The molecule has 2 heterocycles. The normalized spacial score (nSPS) is 19.9. The number of nitrogens with one attached hydrogen (secondary N) is 1. The van der Waals surface area contributed by atoms with Gasteiger partial charge in [0.15, 0.2) is 5.13 Å². The number of nitrogens with two attached hydrogens (primary N) is 1. The van der Waals surface area contributed by atoms with E-state index in [1.807, 2.05) is 5.38 Å². The van der Waals surface area contributed by atoms with Gasteiger partial charge in [0, 0.05) is 25.0 Å². The van der Waals surface area contributed by atoms with Crippen molar-refractivity contribution in [2.75, 3.05) is 25.5 Å². The molecule has 0 bridgehead atoms. The van der Waals surface area contributed by atoms with Gasteiger partial charge in [0.05, 0.1) is 18.2 Å². The molecule has 3 N–H and O–H groups in total. The maximum Gasteiger partial charge on any atom is 0.225 e. The van der Waals surface area contributed by atoms with Crippen molar-refractivity contribution in [1.82, 2.24) is 10.3 Å². The summed E-state index contributed by atoms with van der Waals surface area (Å²) in [5, 5.41) is 5.38. The average molecular weight is 241 g/mol. The maximum atomic E-state index is 11.6. The highest BCUT2D eigenvalue weighted by atomic mass is 32.1. The highest BCUT2D eigenvalue weighted by Crippen LogP contribution is 2.13. The van der Waals surface area contributed by atoms with Crippen LogP contribution >= 0.6 is 11.3 Å². The number of amides is 1. The minimum absolute atomic E-state index is 0.0282. The fourth-order valence-electron chi connectivity index (χ4n) is 1.64. The summed E-state index contributed by atoms with van der Waals surface area (Å²) >= 11 is 1.42. The van der Waals surface area contributed by atoms with Crippen LogP contribution in [0.1, 0.15) is 12.1 Å². The summed E-state index contributed by atoms with van der Waals surface area (Å²) in [5.74, 6) is 0.112. The minimum Gasteiger partial charge on any atom is -0.381 e. The predicted octanol–water partition coefficient (Wildman–Crippen LogP) is 0.420. The van der Waals surface area contributed by atoms with E-state index in [2.05, 4.69) is 10.3 Å². The topological polar surface area (TPSA) is 77.2 Å². The molecule has 1 aromatic heterocycles. The van der Waals surface area contributed by atoms with Crippen molar-refractivity contribution in [2.45, 2.75) is 12.8 Å². The largest absolute Gasteiger partial charge is 0.381 e. The predicted molar refractivity (Wildman–Crippen MR) is 62.2 cm³/mol. The molecule has 88 valence electrons. The standard InChI is InChI=1S/C10H15N3O2S/c11-10-13-8(6-16-10)1-3-12-9(14)7-2-4-15-5-7/h6-7H,1-5H2,(H2,11,13)(H,12,14)/t7-/m1/s1. The Labute approximate surface area is 98.0 Å². The molecule has 0 unspecified atom stereocenters. The van der Waals surface area contributed by atoms with Crippen molar-refractivity contribution in [3.8, 4) is 0 Å². The molecule has 0 radical (unpaired) electrons. The van der Waals surface area contributed by atoms with E-state index in [1.165, 1.54) is 11.3 Å². The summed E-state index contributed by atoms with van der Waals surface area (Å²) in [5.41, 5.74) is 6.45. The van der Waals surface area contributed by atoms with Crippen LogP contribution in [0.25, 0.3) is 0 Å². The second-order valence-electron chi connectivity index (χ2n) is 3.78. The lowest BCUT2D eigenvalue weighted by atomic mass is 10.1. The minimum atomic E-state index is 0.0282. The van der Waals surface area contributed by atoms with E-state index in [0.29, 0.717) is 24.9 Å². The van der Waals surface area contributed by atoms with Crippen molar-refractivity contribution < 1.29 is 9.53 Å². The van der Waals surface area contributed by atoms with Crippen LogP contribution in [-0.2, 0) is 16.0 Å². The van der Waals surface area contributed by atoms with Gasteiger partial charge in [-0.25, -0.2) is 4.98 Å². The molecule has 1 aliphatic heterocycles. The number of thiazole rings is 1. The van der Waals surface area contributed by atoms with Crippen molar-refractivity contribution >= 4 is 22.4 Å². The molecule has 1 amide bonds. The number of hydrogen-bond acceptors (Lipinski definition) is 5. The average Bonchev–Trinajstić information content (AvgIpc) is 2.89. The number of ether oxygens (including phenoxy) is 1. The second kappa shape index (κ2) is 5.27. The lowest BCUT2D eigenvalue weighted by Crippen LogP contribution is -2.32. The number of aromatic nitrogens is 1. The van der Waals surface area contributed by atoms with Gasteiger partial charge in [-0.3, -0.25) is 4.79 Å². The van der Waals surface area contributed by atoms with Gasteiger partial charge in [-0.2, -0.15) is 0 Å². The summed E-state index contributed by atoms with van der Waals surface area (Å²) in [4.78, 5) is 15.7. The first-order valence-electron chi connectivity index (χ1n) is 5.31.